The molecule has 2 aromatic heterocycles. The summed E-state index contributed by atoms with van der Waals surface area (Å²) in [7, 11) is 0. The predicted molar refractivity (Wildman–Crippen MR) is 61.3 cm³/mol. The molecule has 16 heavy (non-hydrogen) atoms. The molecule has 3 nitrogen and oxygen atoms in total. The zero-order chi connectivity index (χ0) is 11.5. The molecule has 0 amide bonds. The van der Waals surface area contributed by atoms with Crippen molar-refractivity contribution in [2.24, 2.45) is 0 Å². The molecule has 0 aliphatic rings. The summed E-state index contributed by atoms with van der Waals surface area (Å²) >= 11 is 1.46. The van der Waals surface area contributed by atoms with Crippen LogP contribution in [0.25, 0.3) is 0 Å². The lowest BCUT2D eigenvalue weighted by atomic mass is 10.3. The molecule has 0 aliphatic heterocycles. The van der Waals surface area contributed by atoms with Crippen molar-refractivity contribution < 1.29 is 4.42 Å². The largest absolute Gasteiger partial charge is 0.468 e. The quantitative estimate of drug-likeness (QED) is 0.794. The van der Waals surface area contributed by atoms with Crippen LogP contribution in [0.2, 0.25) is 0 Å². The Balaban J connectivity index is 2.38. The van der Waals surface area contributed by atoms with E-state index in [0.29, 0.717) is 5.56 Å². The molecule has 0 radical (unpaired) electrons. The maximum Gasteiger partial charge on any atom is 0.119 e. The number of pyridine rings is 1. The Morgan fingerprint density at radius 2 is 2.12 bits per heavy atom. The van der Waals surface area contributed by atoms with Crippen LogP contribution >= 0.6 is 11.8 Å². The normalized spacial score (nSPS) is 10.1. The molecular weight excluding hydrogens is 220 g/mol. The van der Waals surface area contributed by atoms with Crippen molar-refractivity contribution in [3.8, 4) is 6.07 Å². The van der Waals surface area contributed by atoms with Crippen LogP contribution in [0.3, 0.4) is 0 Å². The number of rotatable bonds is 2. The third-order valence-electron chi connectivity index (χ3n) is 2.14. The van der Waals surface area contributed by atoms with Gasteiger partial charge in [-0.3, -0.25) is 0 Å². The topological polar surface area (TPSA) is 49.8 Å². The number of hydrogen-bond donors (Lipinski definition) is 0. The summed E-state index contributed by atoms with van der Waals surface area (Å²) in [5, 5.41) is 9.71. The van der Waals surface area contributed by atoms with Crippen LogP contribution in [0.1, 0.15) is 17.0 Å². The fourth-order valence-electron chi connectivity index (χ4n) is 1.28. The van der Waals surface area contributed by atoms with E-state index in [1.807, 2.05) is 26.0 Å². The van der Waals surface area contributed by atoms with Crippen LogP contribution in [-0.2, 0) is 0 Å². The lowest BCUT2D eigenvalue weighted by molar-refractivity contribution is 0.527. The van der Waals surface area contributed by atoms with Gasteiger partial charge in [0.2, 0.25) is 0 Å². The van der Waals surface area contributed by atoms with Gasteiger partial charge in [-0.2, -0.15) is 5.26 Å². The molecule has 0 atom stereocenters. The highest BCUT2D eigenvalue weighted by Crippen LogP contribution is 2.31. The van der Waals surface area contributed by atoms with E-state index in [0.717, 1.165) is 21.4 Å². The Labute approximate surface area is 98.1 Å². The Kier molecular flexibility index (Phi) is 2.97. The summed E-state index contributed by atoms with van der Waals surface area (Å²) in [5.74, 6) is 0.845. The van der Waals surface area contributed by atoms with Gasteiger partial charge < -0.3 is 4.42 Å². The van der Waals surface area contributed by atoms with Gasteiger partial charge in [0.1, 0.15) is 16.9 Å². The van der Waals surface area contributed by atoms with Gasteiger partial charge in [0.05, 0.1) is 16.7 Å². The summed E-state index contributed by atoms with van der Waals surface area (Å²) in [6.07, 6.45) is 1.64. The lowest BCUT2D eigenvalue weighted by Crippen LogP contribution is -1.89. The van der Waals surface area contributed by atoms with Crippen molar-refractivity contribution in [3.05, 3.63) is 41.5 Å². The van der Waals surface area contributed by atoms with E-state index in [9.17, 15) is 0 Å². The van der Waals surface area contributed by atoms with Crippen molar-refractivity contribution in [1.82, 2.24) is 4.98 Å². The van der Waals surface area contributed by atoms with Crippen molar-refractivity contribution in [3.63, 3.8) is 0 Å². The van der Waals surface area contributed by atoms with Crippen molar-refractivity contribution >= 4 is 11.8 Å². The van der Waals surface area contributed by atoms with Gasteiger partial charge in [0.15, 0.2) is 0 Å². The van der Waals surface area contributed by atoms with E-state index in [1.54, 1.807) is 12.3 Å². The van der Waals surface area contributed by atoms with Crippen LogP contribution in [0, 0.1) is 25.2 Å². The summed E-state index contributed by atoms with van der Waals surface area (Å²) in [4.78, 5) is 5.35. The second kappa shape index (κ2) is 4.42. The van der Waals surface area contributed by atoms with E-state index >= 15 is 0 Å². The number of nitriles is 1. The molecule has 4 heteroatoms. The Morgan fingerprint density at radius 3 is 2.75 bits per heavy atom. The molecule has 0 aromatic carbocycles. The molecule has 0 bridgehead atoms. The van der Waals surface area contributed by atoms with Gasteiger partial charge in [0, 0.05) is 5.69 Å². The molecule has 0 spiro atoms. The number of nitrogens with zero attached hydrogens (tertiary/aromatic N) is 2. The molecule has 0 saturated carbocycles. The standard InChI is InChI=1S/C12H10N2OS/c1-8-3-4-10(7-13)12(14-8)16-11-5-6-15-9(11)2/h3-6H,1-2H3. The second-order valence-corrected chi connectivity index (χ2v) is 4.39. The third-order valence-corrected chi connectivity index (χ3v) is 3.29. The van der Waals surface area contributed by atoms with E-state index in [2.05, 4.69) is 11.1 Å². The van der Waals surface area contributed by atoms with Gasteiger partial charge in [-0.1, -0.05) is 11.8 Å². The number of aromatic nitrogens is 1. The van der Waals surface area contributed by atoms with Crippen molar-refractivity contribution in [2.45, 2.75) is 23.8 Å². The molecule has 2 rings (SSSR count). The van der Waals surface area contributed by atoms with E-state index in [4.69, 9.17) is 9.68 Å². The molecule has 0 saturated heterocycles. The van der Waals surface area contributed by atoms with Crippen LogP contribution in [0.15, 0.2) is 38.8 Å². The number of furan rings is 1. The van der Waals surface area contributed by atoms with E-state index in [-0.39, 0.29) is 0 Å². The Bertz CT molecular complexity index is 554. The molecule has 0 N–H and O–H groups in total. The molecule has 0 unspecified atom stereocenters. The van der Waals surface area contributed by atoms with Gasteiger partial charge in [-0.05, 0) is 32.0 Å². The maximum absolute atomic E-state index is 8.98. The van der Waals surface area contributed by atoms with Crippen LogP contribution in [0.4, 0.5) is 0 Å². The fraction of sp³-hybridized carbons (Fsp3) is 0.167. The highest BCUT2D eigenvalue weighted by Gasteiger charge is 2.09. The number of aryl methyl sites for hydroxylation is 2. The second-order valence-electron chi connectivity index (χ2n) is 3.36. The maximum atomic E-state index is 8.98. The molecule has 80 valence electrons. The number of hydrogen-bond acceptors (Lipinski definition) is 4. The minimum Gasteiger partial charge on any atom is -0.468 e. The molecule has 2 aromatic rings. The molecule has 2 heterocycles. The zero-order valence-corrected chi connectivity index (χ0v) is 9.84. The van der Waals surface area contributed by atoms with E-state index < -0.39 is 0 Å². The first-order chi connectivity index (χ1) is 7.70. The fourth-order valence-corrected chi connectivity index (χ4v) is 2.22. The highest BCUT2D eigenvalue weighted by molar-refractivity contribution is 7.99. The van der Waals surface area contributed by atoms with Crippen molar-refractivity contribution in [2.75, 3.05) is 0 Å². The first-order valence-electron chi connectivity index (χ1n) is 4.80. The molecule has 0 aliphatic carbocycles. The smallest absolute Gasteiger partial charge is 0.119 e. The lowest BCUT2D eigenvalue weighted by Gasteiger charge is -2.02. The Morgan fingerprint density at radius 1 is 1.31 bits per heavy atom. The Hall–Kier alpha value is -1.73. The average Bonchev–Trinajstić information content (AvgIpc) is 2.65. The summed E-state index contributed by atoms with van der Waals surface area (Å²) in [5.41, 5.74) is 1.50. The zero-order valence-electron chi connectivity index (χ0n) is 9.02. The van der Waals surface area contributed by atoms with E-state index in [1.165, 1.54) is 11.8 Å². The highest BCUT2D eigenvalue weighted by atomic mass is 32.2. The first-order valence-corrected chi connectivity index (χ1v) is 5.62. The van der Waals surface area contributed by atoms with Gasteiger partial charge in [0.25, 0.3) is 0 Å². The monoisotopic (exact) mass is 230 g/mol. The van der Waals surface area contributed by atoms with Crippen molar-refractivity contribution in [1.29, 1.82) is 5.26 Å². The predicted octanol–water partition coefficient (Wildman–Crippen LogP) is 3.31. The minimum absolute atomic E-state index is 0.594. The van der Waals surface area contributed by atoms with Crippen LogP contribution in [-0.4, -0.2) is 4.98 Å². The summed E-state index contributed by atoms with van der Waals surface area (Å²) in [6.45, 7) is 3.80. The van der Waals surface area contributed by atoms with Gasteiger partial charge in [-0.15, -0.1) is 0 Å². The van der Waals surface area contributed by atoms with Crippen LogP contribution in [0.5, 0.6) is 0 Å². The molecule has 0 fully saturated rings. The minimum atomic E-state index is 0.594. The average molecular weight is 230 g/mol. The first kappa shape index (κ1) is 10.8. The summed E-state index contributed by atoms with van der Waals surface area (Å²) < 4.78 is 5.21. The summed E-state index contributed by atoms with van der Waals surface area (Å²) in [6, 6.07) is 7.65. The van der Waals surface area contributed by atoms with Gasteiger partial charge >= 0.3 is 0 Å². The molecular formula is C12H10N2OS. The SMILES string of the molecule is Cc1ccc(C#N)c(Sc2ccoc2C)n1. The van der Waals surface area contributed by atoms with Gasteiger partial charge in [-0.25, -0.2) is 4.98 Å². The van der Waals surface area contributed by atoms with Crippen LogP contribution < -0.4 is 0 Å². The third kappa shape index (κ3) is 2.10.